The van der Waals surface area contributed by atoms with Gasteiger partial charge < -0.3 is 5.32 Å². The number of thiocarbonyl (C=S) groups is 1. The molecule has 2 rings (SSSR count). The highest BCUT2D eigenvalue weighted by Gasteiger charge is 2.15. The van der Waals surface area contributed by atoms with E-state index in [-0.39, 0.29) is 16.4 Å². The number of nitrogens with one attached hydrogen (secondary N) is 2. The first-order valence-corrected chi connectivity index (χ1v) is 7.21. The summed E-state index contributed by atoms with van der Waals surface area (Å²) in [6, 6.07) is 11.8. The molecule has 2 N–H and O–H groups in total. The molecule has 0 radical (unpaired) electrons. The monoisotopic (exact) mass is 329 g/mol. The number of nitro benzene ring substituents is 1. The number of benzene rings is 2. The van der Waals surface area contributed by atoms with Gasteiger partial charge in [-0.25, -0.2) is 0 Å². The van der Waals surface area contributed by atoms with E-state index in [4.69, 9.17) is 12.2 Å². The third-order valence-electron chi connectivity index (χ3n) is 3.17. The van der Waals surface area contributed by atoms with E-state index in [1.165, 1.54) is 18.2 Å². The number of hydrogen-bond donors (Lipinski definition) is 2. The van der Waals surface area contributed by atoms with Crippen molar-refractivity contribution in [2.75, 3.05) is 5.32 Å². The molecule has 6 nitrogen and oxygen atoms in total. The highest BCUT2D eigenvalue weighted by Crippen LogP contribution is 2.19. The Labute approximate surface area is 138 Å². The first-order valence-electron chi connectivity index (χ1n) is 6.81. The second kappa shape index (κ2) is 6.97. The van der Waals surface area contributed by atoms with Crippen LogP contribution in [-0.4, -0.2) is 15.9 Å². The minimum absolute atomic E-state index is 0.102. The van der Waals surface area contributed by atoms with Crippen molar-refractivity contribution < 1.29 is 9.72 Å². The highest BCUT2D eigenvalue weighted by atomic mass is 32.1. The lowest BCUT2D eigenvalue weighted by Gasteiger charge is -2.10. The van der Waals surface area contributed by atoms with Gasteiger partial charge in [0.15, 0.2) is 5.11 Å². The van der Waals surface area contributed by atoms with Crippen molar-refractivity contribution in [1.29, 1.82) is 0 Å². The van der Waals surface area contributed by atoms with E-state index in [1.807, 2.05) is 31.2 Å². The number of carbonyl (C=O) groups is 1. The van der Waals surface area contributed by atoms with Crippen molar-refractivity contribution in [3.63, 3.8) is 0 Å². The van der Waals surface area contributed by atoms with Crippen LogP contribution < -0.4 is 10.6 Å². The lowest BCUT2D eigenvalue weighted by molar-refractivity contribution is -0.385. The Morgan fingerprint density at radius 2 is 1.91 bits per heavy atom. The molecule has 2 aromatic rings. The third kappa shape index (κ3) is 4.33. The number of aryl methyl sites for hydroxylation is 2. The Morgan fingerprint density at radius 1 is 1.17 bits per heavy atom. The fourth-order valence-electron chi connectivity index (χ4n) is 2.01. The topological polar surface area (TPSA) is 84.3 Å². The Morgan fingerprint density at radius 3 is 2.57 bits per heavy atom. The Bertz CT molecular complexity index is 790. The van der Waals surface area contributed by atoms with Crippen LogP contribution in [0.3, 0.4) is 0 Å². The average Bonchev–Trinajstić information content (AvgIpc) is 2.47. The standard InChI is InChI=1S/C16H15N3O3S/c1-10-4-3-5-13(8-10)17-16(23)18-15(20)12-7-6-11(2)14(9-12)19(21)22/h3-9H,1-2H3,(H2,17,18,20,23). The molecule has 0 aliphatic carbocycles. The molecule has 0 aliphatic heterocycles. The van der Waals surface area contributed by atoms with E-state index in [2.05, 4.69) is 10.6 Å². The van der Waals surface area contributed by atoms with Gasteiger partial charge >= 0.3 is 0 Å². The summed E-state index contributed by atoms with van der Waals surface area (Å²) < 4.78 is 0. The summed E-state index contributed by atoms with van der Waals surface area (Å²) in [5.74, 6) is -0.502. The second-order valence-corrected chi connectivity index (χ2v) is 5.44. The summed E-state index contributed by atoms with van der Waals surface area (Å²) >= 11 is 5.09. The Hall–Kier alpha value is -2.80. The van der Waals surface area contributed by atoms with Crippen molar-refractivity contribution in [2.24, 2.45) is 0 Å². The molecule has 0 atom stereocenters. The lowest BCUT2D eigenvalue weighted by atomic mass is 10.1. The van der Waals surface area contributed by atoms with Crippen molar-refractivity contribution in [1.82, 2.24) is 5.32 Å². The van der Waals surface area contributed by atoms with Crippen LogP contribution in [0, 0.1) is 24.0 Å². The van der Waals surface area contributed by atoms with Crippen molar-refractivity contribution in [2.45, 2.75) is 13.8 Å². The van der Waals surface area contributed by atoms with E-state index in [0.717, 1.165) is 11.3 Å². The Kier molecular flexibility index (Phi) is 5.02. The first-order chi connectivity index (χ1) is 10.9. The number of nitrogens with zero attached hydrogens (tertiary/aromatic N) is 1. The number of nitro groups is 1. The summed E-state index contributed by atoms with van der Waals surface area (Å²) in [5.41, 5.74) is 2.38. The first kappa shape index (κ1) is 16.6. The molecule has 0 unspecified atom stereocenters. The van der Waals surface area contributed by atoms with Crippen LogP contribution in [0.5, 0.6) is 0 Å². The summed E-state index contributed by atoms with van der Waals surface area (Å²) in [4.78, 5) is 22.5. The molecule has 7 heteroatoms. The molecule has 0 fully saturated rings. The van der Waals surface area contributed by atoms with Gasteiger partial charge in [-0.1, -0.05) is 18.2 Å². The summed E-state index contributed by atoms with van der Waals surface area (Å²) in [6.45, 7) is 3.56. The second-order valence-electron chi connectivity index (χ2n) is 5.04. The zero-order valence-corrected chi connectivity index (χ0v) is 13.4. The number of rotatable bonds is 3. The molecule has 0 bridgehead atoms. The van der Waals surface area contributed by atoms with Crippen LogP contribution in [0.2, 0.25) is 0 Å². The van der Waals surface area contributed by atoms with Crippen LogP contribution in [0.15, 0.2) is 42.5 Å². The SMILES string of the molecule is Cc1cccc(NC(=S)NC(=O)c2ccc(C)c([N+](=O)[O-])c2)c1. The predicted octanol–water partition coefficient (Wildman–Crippen LogP) is 3.34. The number of hydrogen-bond acceptors (Lipinski definition) is 4. The van der Waals surface area contributed by atoms with Gasteiger partial charge in [0.25, 0.3) is 11.6 Å². The summed E-state index contributed by atoms with van der Waals surface area (Å²) in [5, 5.41) is 16.5. The van der Waals surface area contributed by atoms with Crippen LogP contribution in [0.1, 0.15) is 21.5 Å². The minimum Gasteiger partial charge on any atom is -0.332 e. The third-order valence-corrected chi connectivity index (χ3v) is 3.38. The molecule has 0 aromatic heterocycles. The van der Waals surface area contributed by atoms with E-state index < -0.39 is 10.8 Å². The van der Waals surface area contributed by atoms with Gasteiger partial charge in [-0.2, -0.15) is 0 Å². The molecular weight excluding hydrogens is 314 g/mol. The fraction of sp³-hybridized carbons (Fsp3) is 0.125. The highest BCUT2D eigenvalue weighted by molar-refractivity contribution is 7.80. The van der Waals surface area contributed by atoms with Gasteiger partial charge in [0.1, 0.15) is 0 Å². The number of amides is 1. The van der Waals surface area contributed by atoms with Crippen LogP contribution in [-0.2, 0) is 0 Å². The molecule has 23 heavy (non-hydrogen) atoms. The maximum atomic E-state index is 12.1. The van der Waals surface area contributed by atoms with Crippen molar-refractivity contribution >= 4 is 34.6 Å². The molecule has 0 heterocycles. The number of anilines is 1. The molecule has 118 valence electrons. The zero-order valence-electron chi connectivity index (χ0n) is 12.6. The molecule has 1 amide bonds. The van der Waals surface area contributed by atoms with Crippen molar-refractivity contribution in [3.8, 4) is 0 Å². The van der Waals surface area contributed by atoms with E-state index in [0.29, 0.717) is 5.56 Å². The molecule has 0 aliphatic rings. The largest absolute Gasteiger partial charge is 0.332 e. The summed E-state index contributed by atoms with van der Waals surface area (Å²) in [6.07, 6.45) is 0. The van der Waals surface area contributed by atoms with Crippen molar-refractivity contribution in [3.05, 3.63) is 69.3 Å². The van der Waals surface area contributed by atoms with Gasteiger partial charge in [-0.05, 0) is 49.8 Å². The maximum Gasteiger partial charge on any atom is 0.273 e. The zero-order chi connectivity index (χ0) is 17.0. The van der Waals surface area contributed by atoms with Gasteiger partial charge in [0.05, 0.1) is 4.92 Å². The van der Waals surface area contributed by atoms with E-state index >= 15 is 0 Å². The van der Waals surface area contributed by atoms with Gasteiger partial charge in [0, 0.05) is 22.9 Å². The van der Waals surface area contributed by atoms with Crippen LogP contribution in [0.4, 0.5) is 11.4 Å². The molecule has 0 saturated heterocycles. The smallest absolute Gasteiger partial charge is 0.273 e. The average molecular weight is 329 g/mol. The normalized spacial score (nSPS) is 10.0. The van der Waals surface area contributed by atoms with Crippen LogP contribution >= 0.6 is 12.2 Å². The molecular formula is C16H15N3O3S. The van der Waals surface area contributed by atoms with E-state index in [9.17, 15) is 14.9 Å². The molecule has 2 aromatic carbocycles. The number of carbonyl (C=O) groups excluding carboxylic acids is 1. The quantitative estimate of drug-likeness (QED) is 0.512. The van der Waals surface area contributed by atoms with E-state index in [1.54, 1.807) is 6.92 Å². The fourth-order valence-corrected chi connectivity index (χ4v) is 2.22. The molecule has 0 saturated carbocycles. The van der Waals surface area contributed by atoms with Gasteiger partial charge in [-0.15, -0.1) is 0 Å². The predicted molar refractivity (Wildman–Crippen MR) is 92.7 cm³/mol. The van der Waals surface area contributed by atoms with Crippen LogP contribution in [0.25, 0.3) is 0 Å². The van der Waals surface area contributed by atoms with Gasteiger partial charge in [-0.3, -0.25) is 20.2 Å². The molecule has 0 spiro atoms. The minimum atomic E-state index is -0.518. The lowest BCUT2D eigenvalue weighted by Crippen LogP contribution is -2.34. The maximum absolute atomic E-state index is 12.1. The Balaban J connectivity index is 2.08. The van der Waals surface area contributed by atoms with Gasteiger partial charge in [0.2, 0.25) is 0 Å². The summed E-state index contributed by atoms with van der Waals surface area (Å²) in [7, 11) is 0.